The maximum absolute atomic E-state index is 14.0. The standard InChI is InChI=1S/C19H22FN3O4/c1-3-4-7-23-16(25)13-14(17(23)26)19(22-15(13)9(2)24)11-8-10(20)5-6-12(11)21-18(19)27/h5-6,8-9,13-15,22,24H,3-4,7H2,1-2H3,(H,21,27)/t9-,13-,14-,15+,19-/m0/s1. The van der Waals surface area contributed by atoms with Crippen LogP contribution in [-0.2, 0) is 19.9 Å². The van der Waals surface area contributed by atoms with E-state index in [1.165, 1.54) is 30.0 Å². The Morgan fingerprint density at radius 2 is 2.04 bits per heavy atom. The molecule has 1 aromatic carbocycles. The number of benzene rings is 1. The van der Waals surface area contributed by atoms with E-state index in [0.717, 1.165) is 6.42 Å². The summed E-state index contributed by atoms with van der Waals surface area (Å²) in [5.41, 5.74) is -0.840. The third-order valence-corrected chi connectivity index (χ3v) is 5.96. The highest BCUT2D eigenvalue weighted by Crippen LogP contribution is 2.53. The molecule has 4 rings (SSSR count). The van der Waals surface area contributed by atoms with Crippen LogP contribution >= 0.6 is 0 Å². The second-order valence-corrected chi connectivity index (χ2v) is 7.55. The highest BCUT2D eigenvalue weighted by molar-refractivity contribution is 6.15. The minimum atomic E-state index is -1.56. The van der Waals surface area contributed by atoms with E-state index in [9.17, 15) is 23.9 Å². The molecule has 2 fully saturated rings. The number of hydrogen-bond acceptors (Lipinski definition) is 5. The SMILES string of the molecule is CCCCN1C(=O)[C@@H]2[C@@H]([C@H](C)O)N[C@]3(C(=O)Nc4ccc(F)cc43)[C@@H]2C1=O. The van der Waals surface area contributed by atoms with E-state index in [-0.39, 0.29) is 12.5 Å². The van der Waals surface area contributed by atoms with Crippen molar-refractivity contribution in [1.82, 2.24) is 10.2 Å². The summed E-state index contributed by atoms with van der Waals surface area (Å²) in [4.78, 5) is 40.4. The number of likely N-dealkylation sites (tertiary alicyclic amines) is 1. The second-order valence-electron chi connectivity index (χ2n) is 7.55. The molecule has 0 unspecified atom stereocenters. The molecule has 3 aliphatic heterocycles. The molecule has 0 saturated carbocycles. The van der Waals surface area contributed by atoms with Crippen LogP contribution < -0.4 is 10.6 Å². The summed E-state index contributed by atoms with van der Waals surface area (Å²) in [7, 11) is 0. The summed E-state index contributed by atoms with van der Waals surface area (Å²) in [6, 6.07) is 3.11. The van der Waals surface area contributed by atoms with Gasteiger partial charge in [0.15, 0.2) is 0 Å². The molecule has 3 amide bonds. The van der Waals surface area contributed by atoms with Gasteiger partial charge in [-0.25, -0.2) is 4.39 Å². The monoisotopic (exact) mass is 375 g/mol. The van der Waals surface area contributed by atoms with Crippen molar-refractivity contribution in [3.05, 3.63) is 29.6 Å². The molecule has 7 nitrogen and oxygen atoms in total. The molecule has 1 aromatic rings. The van der Waals surface area contributed by atoms with Crippen LogP contribution in [0.3, 0.4) is 0 Å². The average molecular weight is 375 g/mol. The van der Waals surface area contributed by atoms with E-state index in [0.29, 0.717) is 17.7 Å². The number of carbonyl (C=O) groups excluding carboxylic acids is 3. The number of aliphatic hydroxyl groups is 1. The number of aliphatic hydroxyl groups excluding tert-OH is 1. The molecule has 3 aliphatic rings. The fourth-order valence-electron chi connectivity index (χ4n) is 4.71. The van der Waals surface area contributed by atoms with Gasteiger partial charge in [0.2, 0.25) is 17.7 Å². The van der Waals surface area contributed by atoms with Crippen LogP contribution in [0.1, 0.15) is 32.3 Å². The molecule has 0 aromatic heterocycles. The first-order valence-corrected chi connectivity index (χ1v) is 9.25. The van der Waals surface area contributed by atoms with Crippen LogP contribution in [-0.4, -0.2) is 46.4 Å². The van der Waals surface area contributed by atoms with Gasteiger partial charge in [-0.3, -0.25) is 24.6 Å². The zero-order valence-electron chi connectivity index (χ0n) is 15.2. The maximum Gasteiger partial charge on any atom is 0.250 e. The van der Waals surface area contributed by atoms with Crippen LogP contribution in [0.15, 0.2) is 18.2 Å². The molecule has 0 aliphatic carbocycles. The lowest BCUT2D eigenvalue weighted by Gasteiger charge is -2.30. The fourth-order valence-corrected chi connectivity index (χ4v) is 4.71. The van der Waals surface area contributed by atoms with E-state index >= 15 is 0 Å². The lowest BCUT2D eigenvalue weighted by Crippen LogP contribution is -2.54. The third kappa shape index (κ3) is 2.29. The van der Waals surface area contributed by atoms with Crippen LogP contribution in [0.2, 0.25) is 0 Å². The van der Waals surface area contributed by atoms with Crippen molar-refractivity contribution in [2.24, 2.45) is 11.8 Å². The Hall–Kier alpha value is -2.32. The predicted octanol–water partition coefficient (Wildman–Crippen LogP) is 0.727. The van der Waals surface area contributed by atoms with E-state index < -0.39 is 47.2 Å². The van der Waals surface area contributed by atoms with Gasteiger partial charge in [0.1, 0.15) is 11.4 Å². The Morgan fingerprint density at radius 3 is 2.70 bits per heavy atom. The van der Waals surface area contributed by atoms with Crippen molar-refractivity contribution < 1.29 is 23.9 Å². The summed E-state index contributed by atoms with van der Waals surface area (Å²) < 4.78 is 14.0. The van der Waals surface area contributed by atoms with Gasteiger partial charge in [-0.1, -0.05) is 13.3 Å². The number of nitrogens with one attached hydrogen (secondary N) is 2. The average Bonchev–Trinajstić information content (AvgIpc) is 3.20. The summed E-state index contributed by atoms with van der Waals surface area (Å²) in [6.07, 6.45) is 0.503. The molecule has 8 heteroatoms. The van der Waals surface area contributed by atoms with Crippen molar-refractivity contribution in [2.45, 2.75) is 44.4 Å². The number of nitrogens with zero attached hydrogens (tertiary/aromatic N) is 1. The Balaban J connectivity index is 1.86. The second kappa shape index (κ2) is 6.10. The molecule has 2 saturated heterocycles. The predicted molar refractivity (Wildman–Crippen MR) is 93.9 cm³/mol. The topological polar surface area (TPSA) is 98.7 Å². The molecule has 144 valence electrons. The van der Waals surface area contributed by atoms with Crippen molar-refractivity contribution in [2.75, 3.05) is 11.9 Å². The molecule has 0 radical (unpaired) electrons. The maximum atomic E-state index is 14.0. The van der Waals surface area contributed by atoms with Gasteiger partial charge in [0.05, 0.1) is 17.9 Å². The first-order chi connectivity index (χ1) is 12.8. The Labute approximate surface area is 155 Å². The van der Waals surface area contributed by atoms with E-state index in [1.54, 1.807) is 0 Å². The number of anilines is 1. The normalized spacial score (nSPS) is 32.8. The summed E-state index contributed by atoms with van der Waals surface area (Å²) in [6.45, 7) is 3.75. The van der Waals surface area contributed by atoms with E-state index in [2.05, 4.69) is 10.6 Å². The molecule has 3 N–H and O–H groups in total. The largest absolute Gasteiger partial charge is 0.392 e. The summed E-state index contributed by atoms with van der Waals surface area (Å²) in [5.74, 6) is -3.74. The quantitative estimate of drug-likeness (QED) is 0.674. The highest BCUT2D eigenvalue weighted by Gasteiger charge is 2.71. The van der Waals surface area contributed by atoms with Gasteiger partial charge in [0, 0.05) is 23.8 Å². The zero-order chi connectivity index (χ0) is 19.5. The molecule has 27 heavy (non-hydrogen) atoms. The van der Waals surface area contributed by atoms with Gasteiger partial charge in [-0.15, -0.1) is 0 Å². The number of halogens is 1. The van der Waals surface area contributed by atoms with Crippen LogP contribution in [0, 0.1) is 17.7 Å². The smallest absolute Gasteiger partial charge is 0.250 e. The van der Waals surface area contributed by atoms with Crippen LogP contribution in [0.4, 0.5) is 10.1 Å². The zero-order valence-corrected chi connectivity index (χ0v) is 15.2. The Kier molecular flexibility index (Phi) is 4.08. The Morgan fingerprint density at radius 1 is 1.30 bits per heavy atom. The first kappa shape index (κ1) is 18.1. The molecule has 0 bridgehead atoms. The molecule has 3 heterocycles. The van der Waals surface area contributed by atoms with Crippen molar-refractivity contribution in [3.63, 3.8) is 0 Å². The summed E-state index contributed by atoms with van der Waals surface area (Å²) in [5, 5.41) is 16.0. The number of amides is 3. The number of hydrogen-bond donors (Lipinski definition) is 3. The number of fused-ring (bicyclic) bond motifs is 4. The van der Waals surface area contributed by atoms with Crippen molar-refractivity contribution in [3.8, 4) is 0 Å². The molecular formula is C19H22FN3O4. The van der Waals surface area contributed by atoms with Crippen molar-refractivity contribution >= 4 is 23.4 Å². The van der Waals surface area contributed by atoms with Gasteiger partial charge in [-0.2, -0.15) is 0 Å². The number of carbonyl (C=O) groups is 3. The molecule has 1 spiro atoms. The van der Waals surface area contributed by atoms with E-state index in [1.807, 2.05) is 6.92 Å². The fraction of sp³-hybridized carbons (Fsp3) is 0.526. The minimum absolute atomic E-state index is 0.279. The lowest BCUT2D eigenvalue weighted by atomic mass is 9.76. The highest BCUT2D eigenvalue weighted by atomic mass is 19.1. The number of unbranched alkanes of at least 4 members (excludes halogenated alkanes) is 1. The molecular weight excluding hydrogens is 353 g/mol. The first-order valence-electron chi connectivity index (χ1n) is 9.25. The number of rotatable bonds is 4. The molecule has 5 atom stereocenters. The van der Waals surface area contributed by atoms with Gasteiger partial charge in [-0.05, 0) is 31.5 Å². The van der Waals surface area contributed by atoms with Crippen LogP contribution in [0.25, 0.3) is 0 Å². The minimum Gasteiger partial charge on any atom is -0.392 e. The lowest BCUT2D eigenvalue weighted by molar-refractivity contribution is -0.143. The van der Waals surface area contributed by atoms with Crippen LogP contribution in [0.5, 0.6) is 0 Å². The van der Waals surface area contributed by atoms with Crippen molar-refractivity contribution in [1.29, 1.82) is 0 Å². The van der Waals surface area contributed by atoms with E-state index in [4.69, 9.17) is 0 Å². The number of imide groups is 1. The summed E-state index contributed by atoms with van der Waals surface area (Å²) >= 11 is 0. The van der Waals surface area contributed by atoms with Gasteiger partial charge in [0.25, 0.3) is 0 Å². The van der Waals surface area contributed by atoms with Gasteiger partial charge < -0.3 is 10.4 Å². The van der Waals surface area contributed by atoms with Gasteiger partial charge >= 0.3 is 0 Å². The Bertz CT molecular complexity index is 842. The third-order valence-electron chi connectivity index (χ3n) is 5.96.